The smallest absolute Gasteiger partial charge is 0.101 e. The largest absolute Gasteiger partial charge is 0.389 e. The summed E-state index contributed by atoms with van der Waals surface area (Å²) in [6, 6.07) is 21.1. The van der Waals surface area contributed by atoms with Crippen LogP contribution in [0.25, 0.3) is 0 Å². The summed E-state index contributed by atoms with van der Waals surface area (Å²) in [4.78, 5) is 0. The lowest BCUT2D eigenvalue weighted by Crippen LogP contribution is -2.43. The van der Waals surface area contributed by atoms with Crippen LogP contribution < -0.4 is 0 Å². The van der Waals surface area contributed by atoms with E-state index in [1.807, 2.05) is 12.1 Å². The maximum atomic E-state index is 11.4. The van der Waals surface area contributed by atoms with Gasteiger partial charge in [0, 0.05) is 13.0 Å². The molecule has 2 aromatic carbocycles. The third kappa shape index (κ3) is 3.74. The molecule has 1 aliphatic rings. The molecule has 0 amide bonds. The summed E-state index contributed by atoms with van der Waals surface area (Å²) in [7, 11) is 1.80. The van der Waals surface area contributed by atoms with Crippen molar-refractivity contribution < 1.29 is 9.84 Å². The van der Waals surface area contributed by atoms with Gasteiger partial charge in [-0.2, -0.15) is 0 Å². The highest BCUT2D eigenvalue weighted by Gasteiger charge is 2.60. The maximum Gasteiger partial charge on any atom is 0.101 e. The molecule has 4 atom stereocenters. The summed E-state index contributed by atoms with van der Waals surface area (Å²) in [5.41, 5.74) is 1.30. The van der Waals surface area contributed by atoms with Gasteiger partial charge in [-0.15, -0.1) is 6.58 Å². The van der Waals surface area contributed by atoms with Gasteiger partial charge in [-0.1, -0.05) is 73.7 Å². The molecule has 27 heavy (non-hydrogen) atoms. The Morgan fingerprint density at radius 3 is 2.33 bits per heavy atom. The first kappa shape index (κ1) is 19.9. The van der Waals surface area contributed by atoms with Crippen molar-refractivity contribution >= 4 is 0 Å². The van der Waals surface area contributed by atoms with Gasteiger partial charge in [-0.3, -0.25) is 0 Å². The Hall–Kier alpha value is -1.90. The number of benzene rings is 2. The second-order valence-electron chi connectivity index (χ2n) is 7.96. The Balaban J connectivity index is 1.87. The molecule has 1 saturated carbocycles. The Morgan fingerprint density at radius 2 is 1.74 bits per heavy atom. The predicted molar refractivity (Wildman–Crippen MR) is 112 cm³/mol. The summed E-state index contributed by atoms with van der Waals surface area (Å²) in [6.45, 7) is 6.01. The lowest BCUT2D eigenvalue weighted by Gasteiger charge is -2.40. The van der Waals surface area contributed by atoms with Crippen LogP contribution in [0.1, 0.15) is 43.7 Å². The number of hydrogen-bond donors (Lipinski definition) is 1. The first-order valence-corrected chi connectivity index (χ1v) is 10.0. The van der Waals surface area contributed by atoms with Gasteiger partial charge in [-0.25, -0.2) is 0 Å². The minimum absolute atomic E-state index is 0.00266. The molecule has 1 N–H and O–H groups in total. The molecule has 0 aromatic heterocycles. The normalized spacial score (nSPS) is 30.3. The van der Waals surface area contributed by atoms with E-state index >= 15 is 0 Å². The number of methoxy groups -OCH3 is 1. The zero-order valence-electron chi connectivity index (χ0n) is 16.6. The van der Waals surface area contributed by atoms with E-state index in [1.165, 1.54) is 11.1 Å². The summed E-state index contributed by atoms with van der Waals surface area (Å²) < 4.78 is 6.26. The van der Waals surface area contributed by atoms with Crippen LogP contribution in [-0.2, 0) is 16.8 Å². The third-order valence-electron chi connectivity index (χ3n) is 6.58. The van der Waals surface area contributed by atoms with Crippen molar-refractivity contribution in [2.24, 2.45) is 11.8 Å². The van der Waals surface area contributed by atoms with Crippen molar-refractivity contribution in [2.45, 2.75) is 50.2 Å². The molecule has 2 heteroatoms. The number of ether oxygens (including phenoxy) is 1. The Morgan fingerprint density at radius 1 is 1.11 bits per heavy atom. The summed E-state index contributed by atoms with van der Waals surface area (Å²) in [5, 5.41) is 11.4. The quantitative estimate of drug-likeness (QED) is 0.626. The molecule has 2 nitrogen and oxygen atoms in total. The first-order valence-electron chi connectivity index (χ1n) is 10.0. The Labute approximate surface area is 163 Å². The lowest BCUT2D eigenvalue weighted by atomic mass is 9.74. The zero-order chi connectivity index (χ0) is 19.3. The topological polar surface area (TPSA) is 29.5 Å². The fourth-order valence-corrected chi connectivity index (χ4v) is 5.18. The molecule has 3 rings (SSSR count). The lowest BCUT2D eigenvalue weighted by molar-refractivity contribution is -0.108. The molecular weight excluding hydrogens is 332 g/mol. The highest BCUT2D eigenvalue weighted by molar-refractivity contribution is 5.29. The van der Waals surface area contributed by atoms with Gasteiger partial charge in [0.25, 0.3) is 0 Å². The van der Waals surface area contributed by atoms with Crippen LogP contribution in [-0.4, -0.2) is 17.8 Å². The molecule has 0 bridgehead atoms. The molecule has 0 saturated heterocycles. The minimum Gasteiger partial charge on any atom is -0.389 e. The fourth-order valence-electron chi connectivity index (χ4n) is 5.18. The van der Waals surface area contributed by atoms with Crippen molar-refractivity contribution in [3.63, 3.8) is 0 Å². The van der Waals surface area contributed by atoms with Crippen LogP contribution in [0.4, 0.5) is 0 Å². The van der Waals surface area contributed by atoms with Crippen LogP contribution in [0.5, 0.6) is 0 Å². The third-order valence-corrected chi connectivity index (χ3v) is 6.58. The summed E-state index contributed by atoms with van der Waals surface area (Å²) in [5.74, 6) is 0.269. The van der Waals surface area contributed by atoms with Crippen molar-refractivity contribution in [2.75, 3.05) is 7.11 Å². The molecule has 1 aliphatic carbocycles. The van der Waals surface area contributed by atoms with E-state index in [4.69, 9.17) is 4.74 Å². The average Bonchev–Trinajstić information content (AvgIpc) is 2.91. The molecule has 2 aromatic rings. The Bertz CT molecular complexity index is 727. The summed E-state index contributed by atoms with van der Waals surface area (Å²) >= 11 is 0. The van der Waals surface area contributed by atoms with Gasteiger partial charge in [0.2, 0.25) is 0 Å². The number of rotatable bonds is 8. The van der Waals surface area contributed by atoms with Crippen LogP contribution in [0.2, 0.25) is 0 Å². The van der Waals surface area contributed by atoms with Crippen LogP contribution in [0, 0.1) is 11.8 Å². The van der Waals surface area contributed by atoms with Crippen LogP contribution >= 0.6 is 0 Å². The molecule has 0 radical (unpaired) electrons. The maximum absolute atomic E-state index is 11.4. The van der Waals surface area contributed by atoms with E-state index in [2.05, 4.69) is 68.1 Å². The Kier molecular flexibility index (Phi) is 6.18. The van der Waals surface area contributed by atoms with Gasteiger partial charge < -0.3 is 9.84 Å². The summed E-state index contributed by atoms with van der Waals surface area (Å²) in [6.07, 6.45) is 6.36. The zero-order valence-corrected chi connectivity index (χ0v) is 16.6. The molecule has 1 fully saturated rings. The van der Waals surface area contributed by atoms with E-state index in [0.29, 0.717) is 6.42 Å². The first-order chi connectivity index (χ1) is 13.1. The number of aliphatic hydroxyl groups is 1. The molecule has 0 aliphatic heterocycles. The predicted octanol–water partition coefficient (Wildman–Crippen LogP) is 5.51. The van der Waals surface area contributed by atoms with E-state index < -0.39 is 11.2 Å². The van der Waals surface area contributed by atoms with E-state index in [-0.39, 0.29) is 11.8 Å². The van der Waals surface area contributed by atoms with Crippen LogP contribution in [0.3, 0.4) is 0 Å². The number of hydrogen-bond acceptors (Lipinski definition) is 2. The second kappa shape index (κ2) is 8.41. The van der Waals surface area contributed by atoms with Gasteiger partial charge in [-0.05, 0) is 49.1 Å². The molecule has 144 valence electrons. The average molecular weight is 365 g/mol. The second-order valence-corrected chi connectivity index (χ2v) is 7.96. The molecule has 0 spiro atoms. The van der Waals surface area contributed by atoms with Crippen molar-refractivity contribution in [1.29, 1.82) is 0 Å². The van der Waals surface area contributed by atoms with E-state index in [0.717, 1.165) is 25.7 Å². The standard InChI is InChI=1S/C25H32O2/c1-4-18-24(26)19-23(17-11-14-21-12-7-5-8-13-21)25(27-3,20(24)2)22-15-9-6-10-16-22/h4-10,12-13,15-16,20,23,26H,1,11,14,17-19H2,2-3H3/t20-,23+,24-,25+/m1/s1. The van der Waals surface area contributed by atoms with E-state index in [9.17, 15) is 5.11 Å². The SMILES string of the molecule is C=CC[C@@]1(O)C[C@H](CCCc2ccccc2)[C@@](OC)(c2ccccc2)[C@@H]1C. The van der Waals surface area contributed by atoms with Gasteiger partial charge in [0.05, 0.1) is 5.60 Å². The molecular formula is C25H32O2. The minimum atomic E-state index is -0.773. The van der Waals surface area contributed by atoms with Gasteiger partial charge >= 0.3 is 0 Å². The highest BCUT2D eigenvalue weighted by atomic mass is 16.5. The van der Waals surface area contributed by atoms with Crippen molar-refractivity contribution in [1.82, 2.24) is 0 Å². The van der Waals surface area contributed by atoms with Gasteiger partial charge in [0.1, 0.15) is 5.60 Å². The van der Waals surface area contributed by atoms with E-state index in [1.54, 1.807) is 7.11 Å². The fraction of sp³-hybridized carbons (Fsp3) is 0.440. The molecule has 0 unspecified atom stereocenters. The van der Waals surface area contributed by atoms with Crippen LogP contribution in [0.15, 0.2) is 73.3 Å². The monoisotopic (exact) mass is 364 g/mol. The van der Waals surface area contributed by atoms with Crippen molar-refractivity contribution in [3.8, 4) is 0 Å². The van der Waals surface area contributed by atoms with Crippen molar-refractivity contribution in [3.05, 3.63) is 84.4 Å². The molecule has 0 heterocycles. The van der Waals surface area contributed by atoms with Gasteiger partial charge in [0.15, 0.2) is 0 Å². The number of aryl methyl sites for hydroxylation is 1. The highest BCUT2D eigenvalue weighted by Crippen LogP contribution is 2.57.